The van der Waals surface area contributed by atoms with Crippen LogP contribution in [0.25, 0.3) is 5.69 Å². The number of anilines is 1. The van der Waals surface area contributed by atoms with E-state index >= 15 is 0 Å². The number of nitrogens with zero attached hydrogens (tertiary/aromatic N) is 4. The van der Waals surface area contributed by atoms with Crippen molar-refractivity contribution in [3.63, 3.8) is 0 Å². The zero-order chi connectivity index (χ0) is 23.5. The molecule has 0 bridgehead atoms. The molecule has 3 rings (SSSR count). The molecule has 0 fully saturated rings. The summed E-state index contributed by atoms with van der Waals surface area (Å²) in [5.74, 6) is 0.458. The molecule has 0 saturated heterocycles. The molecule has 0 aliphatic heterocycles. The van der Waals surface area contributed by atoms with E-state index in [9.17, 15) is 13.2 Å². The largest absolute Gasteiger partial charge is 0.497 e. The van der Waals surface area contributed by atoms with Crippen LogP contribution in [-0.4, -0.2) is 59.8 Å². The number of rotatable bonds is 8. The molecule has 32 heavy (non-hydrogen) atoms. The number of thioether (sulfide) groups is 1. The van der Waals surface area contributed by atoms with Gasteiger partial charge in [-0.15, -0.1) is 10.2 Å². The third-order valence-electron chi connectivity index (χ3n) is 4.76. The van der Waals surface area contributed by atoms with Crippen molar-refractivity contribution in [2.24, 2.45) is 0 Å². The van der Waals surface area contributed by atoms with E-state index in [-0.39, 0.29) is 10.8 Å². The van der Waals surface area contributed by atoms with Gasteiger partial charge in [-0.25, -0.2) is 12.7 Å². The van der Waals surface area contributed by atoms with Gasteiger partial charge in [0.05, 0.1) is 17.3 Å². The summed E-state index contributed by atoms with van der Waals surface area (Å²) in [5.41, 5.74) is 2.04. The number of benzene rings is 2. The summed E-state index contributed by atoms with van der Waals surface area (Å²) < 4.78 is 32.9. The zero-order valence-corrected chi connectivity index (χ0v) is 20.1. The van der Waals surface area contributed by atoms with Crippen molar-refractivity contribution < 1.29 is 17.9 Å². The van der Waals surface area contributed by atoms with E-state index in [0.29, 0.717) is 10.8 Å². The Bertz CT molecular complexity index is 1210. The van der Waals surface area contributed by atoms with Crippen molar-refractivity contribution in [1.29, 1.82) is 0 Å². The molecule has 1 unspecified atom stereocenters. The molecule has 11 heteroatoms. The molecule has 0 aliphatic rings. The second-order valence-electron chi connectivity index (χ2n) is 7.20. The molecule has 3 aromatic rings. The maximum atomic E-state index is 12.9. The van der Waals surface area contributed by atoms with Crippen LogP contribution >= 0.6 is 11.8 Å². The van der Waals surface area contributed by atoms with Gasteiger partial charge in [0.15, 0.2) is 5.16 Å². The summed E-state index contributed by atoms with van der Waals surface area (Å²) in [6.45, 7) is 3.56. The maximum absolute atomic E-state index is 12.9. The minimum absolute atomic E-state index is 0.114. The van der Waals surface area contributed by atoms with Crippen LogP contribution in [0.5, 0.6) is 5.75 Å². The minimum atomic E-state index is -3.61. The van der Waals surface area contributed by atoms with E-state index in [1.165, 1.54) is 38.0 Å². The van der Waals surface area contributed by atoms with Crippen molar-refractivity contribution in [3.05, 3.63) is 54.4 Å². The van der Waals surface area contributed by atoms with Crippen LogP contribution < -0.4 is 10.1 Å². The number of sulfonamides is 1. The molecule has 1 atom stereocenters. The topological polar surface area (TPSA) is 106 Å². The Balaban J connectivity index is 1.76. The Labute approximate surface area is 191 Å². The SMILES string of the molecule is COc1ccc(-n2cnnc2SC(C)C(=O)Nc2cc(S(=O)(=O)N(C)C)ccc2C)cc1. The van der Waals surface area contributed by atoms with Gasteiger partial charge < -0.3 is 10.1 Å². The highest BCUT2D eigenvalue weighted by Crippen LogP contribution is 2.27. The fraction of sp³-hybridized carbons (Fsp3) is 0.286. The van der Waals surface area contributed by atoms with Crippen LogP contribution in [0.3, 0.4) is 0 Å². The summed E-state index contributed by atoms with van der Waals surface area (Å²) in [6.07, 6.45) is 1.58. The Hall–Kier alpha value is -2.89. The smallest absolute Gasteiger partial charge is 0.242 e. The van der Waals surface area contributed by atoms with E-state index in [2.05, 4.69) is 15.5 Å². The molecule has 1 N–H and O–H groups in total. The summed E-state index contributed by atoms with van der Waals surface area (Å²) in [5, 5.41) is 11.0. The molecular formula is C21H25N5O4S2. The van der Waals surface area contributed by atoms with Crippen LogP contribution in [0.15, 0.2) is 58.8 Å². The van der Waals surface area contributed by atoms with Crippen molar-refractivity contribution in [2.45, 2.75) is 29.1 Å². The van der Waals surface area contributed by atoms with E-state index in [4.69, 9.17) is 4.74 Å². The maximum Gasteiger partial charge on any atom is 0.242 e. The molecule has 1 aromatic heterocycles. The number of hydrogen-bond acceptors (Lipinski definition) is 7. The van der Waals surface area contributed by atoms with Crippen LogP contribution in [0.2, 0.25) is 0 Å². The first-order chi connectivity index (χ1) is 15.1. The van der Waals surface area contributed by atoms with E-state index in [1.807, 2.05) is 24.3 Å². The molecule has 9 nitrogen and oxygen atoms in total. The predicted octanol–water partition coefficient (Wildman–Crippen LogP) is 2.95. The van der Waals surface area contributed by atoms with Crippen molar-refractivity contribution in [3.8, 4) is 11.4 Å². The van der Waals surface area contributed by atoms with E-state index in [0.717, 1.165) is 21.3 Å². The third kappa shape index (κ3) is 5.12. The monoisotopic (exact) mass is 475 g/mol. The van der Waals surface area contributed by atoms with Gasteiger partial charge >= 0.3 is 0 Å². The second-order valence-corrected chi connectivity index (χ2v) is 10.7. The van der Waals surface area contributed by atoms with Crippen LogP contribution in [0.4, 0.5) is 5.69 Å². The lowest BCUT2D eigenvalue weighted by Gasteiger charge is -2.16. The van der Waals surface area contributed by atoms with Gasteiger partial charge in [0.2, 0.25) is 15.9 Å². The van der Waals surface area contributed by atoms with Gasteiger partial charge in [0.25, 0.3) is 0 Å². The lowest BCUT2D eigenvalue weighted by atomic mass is 10.2. The molecule has 170 valence electrons. The van der Waals surface area contributed by atoms with Crippen LogP contribution in [-0.2, 0) is 14.8 Å². The van der Waals surface area contributed by atoms with E-state index < -0.39 is 15.3 Å². The molecule has 0 aliphatic carbocycles. The van der Waals surface area contributed by atoms with Crippen molar-refractivity contribution >= 4 is 33.4 Å². The number of aromatic nitrogens is 3. The van der Waals surface area contributed by atoms with Crippen LogP contribution in [0, 0.1) is 6.92 Å². The molecule has 1 amide bonds. The van der Waals surface area contributed by atoms with Gasteiger partial charge in [0.1, 0.15) is 12.1 Å². The highest BCUT2D eigenvalue weighted by molar-refractivity contribution is 8.00. The molecule has 0 saturated carbocycles. The summed E-state index contributed by atoms with van der Waals surface area (Å²) >= 11 is 1.25. The molecule has 2 aromatic carbocycles. The summed E-state index contributed by atoms with van der Waals surface area (Å²) in [7, 11) is 0.918. The number of nitrogens with one attached hydrogen (secondary N) is 1. The van der Waals surface area contributed by atoms with Gasteiger partial charge in [-0.05, 0) is 55.8 Å². The van der Waals surface area contributed by atoms with Gasteiger partial charge in [-0.2, -0.15) is 0 Å². The normalized spacial score (nSPS) is 12.6. The average Bonchev–Trinajstić information content (AvgIpc) is 3.23. The lowest BCUT2D eigenvalue weighted by Crippen LogP contribution is -2.25. The standard InChI is InChI=1S/C21H25N5O4S2/c1-14-6-11-18(32(28,29)25(3)4)12-19(14)23-20(27)15(2)31-21-24-22-13-26(21)16-7-9-17(30-5)10-8-16/h6-13,15H,1-5H3,(H,23,27). The lowest BCUT2D eigenvalue weighted by molar-refractivity contribution is -0.115. The Kier molecular flexibility index (Phi) is 7.22. The predicted molar refractivity (Wildman–Crippen MR) is 124 cm³/mol. The first-order valence-corrected chi connectivity index (χ1v) is 12.0. The average molecular weight is 476 g/mol. The number of carbonyl (C=O) groups is 1. The Morgan fingerprint density at radius 3 is 2.50 bits per heavy atom. The Morgan fingerprint density at radius 2 is 1.88 bits per heavy atom. The third-order valence-corrected chi connectivity index (χ3v) is 7.63. The quantitative estimate of drug-likeness (QED) is 0.499. The first-order valence-electron chi connectivity index (χ1n) is 9.68. The number of carbonyl (C=O) groups excluding carboxylic acids is 1. The zero-order valence-electron chi connectivity index (χ0n) is 18.4. The van der Waals surface area contributed by atoms with Gasteiger partial charge in [-0.3, -0.25) is 9.36 Å². The van der Waals surface area contributed by atoms with Gasteiger partial charge in [-0.1, -0.05) is 17.8 Å². The second kappa shape index (κ2) is 9.72. The van der Waals surface area contributed by atoms with Crippen LogP contribution in [0.1, 0.15) is 12.5 Å². The number of methoxy groups -OCH3 is 1. The van der Waals surface area contributed by atoms with E-state index in [1.54, 1.807) is 37.9 Å². The molecule has 0 spiro atoms. The van der Waals surface area contributed by atoms with Gasteiger partial charge in [0, 0.05) is 25.5 Å². The number of amides is 1. The highest BCUT2D eigenvalue weighted by atomic mass is 32.2. The summed E-state index contributed by atoms with van der Waals surface area (Å²) in [4.78, 5) is 13.0. The van der Waals surface area contributed by atoms with Crippen molar-refractivity contribution in [1.82, 2.24) is 19.1 Å². The fourth-order valence-corrected chi connectivity index (χ4v) is 4.55. The minimum Gasteiger partial charge on any atom is -0.497 e. The fourth-order valence-electron chi connectivity index (χ4n) is 2.78. The number of ether oxygens (including phenoxy) is 1. The number of aryl methyl sites for hydroxylation is 1. The highest BCUT2D eigenvalue weighted by Gasteiger charge is 2.22. The molecular weight excluding hydrogens is 450 g/mol. The molecule has 0 radical (unpaired) electrons. The van der Waals surface area contributed by atoms with Crippen molar-refractivity contribution in [2.75, 3.05) is 26.5 Å². The molecule has 1 heterocycles. The summed E-state index contributed by atoms with van der Waals surface area (Å²) in [6, 6.07) is 12.1. The number of hydrogen-bond donors (Lipinski definition) is 1. The first kappa shape index (κ1) is 23.8. The Morgan fingerprint density at radius 1 is 1.19 bits per heavy atom.